The SMILES string of the molecule is Cc1cc(C)nc(-n2nc(C)c(CC(=O)NC(C3CC3)C3CC3)c2C)n1. The maximum Gasteiger partial charge on any atom is 0.251 e. The number of aryl methyl sites for hydroxylation is 3. The zero-order valence-electron chi connectivity index (χ0n) is 16.0. The van der Waals surface area contributed by atoms with Crippen molar-refractivity contribution in [2.45, 2.75) is 65.8 Å². The van der Waals surface area contributed by atoms with Crippen LogP contribution < -0.4 is 5.32 Å². The molecule has 6 heteroatoms. The van der Waals surface area contributed by atoms with E-state index in [0.717, 1.165) is 28.3 Å². The van der Waals surface area contributed by atoms with Gasteiger partial charge in [-0.2, -0.15) is 5.10 Å². The fourth-order valence-corrected chi connectivity index (χ4v) is 3.86. The monoisotopic (exact) mass is 353 g/mol. The molecule has 4 rings (SSSR count). The molecule has 2 aromatic rings. The van der Waals surface area contributed by atoms with Crippen LogP contribution in [0, 0.1) is 39.5 Å². The topological polar surface area (TPSA) is 72.7 Å². The molecule has 2 aromatic heterocycles. The van der Waals surface area contributed by atoms with E-state index in [1.165, 1.54) is 25.7 Å². The number of aromatic nitrogens is 4. The van der Waals surface area contributed by atoms with E-state index >= 15 is 0 Å². The molecule has 1 N–H and O–H groups in total. The zero-order chi connectivity index (χ0) is 18.4. The Hall–Kier alpha value is -2.24. The van der Waals surface area contributed by atoms with Crippen molar-refractivity contribution in [3.8, 4) is 5.95 Å². The van der Waals surface area contributed by atoms with Crippen molar-refractivity contribution < 1.29 is 4.79 Å². The van der Waals surface area contributed by atoms with Crippen LogP contribution in [0.15, 0.2) is 6.07 Å². The third-order valence-corrected chi connectivity index (χ3v) is 5.53. The van der Waals surface area contributed by atoms with Crippen LogP contribution in [0.1, 0.15) is 54.0 Å². The number of carbonyl (C=O) groups excluding carboxylic acids is 1. The normalized spacial score (nSPS) is 17.0. The van der Waals surface area contributed by atoms with Crippen LogP contribution in [0.25, 0.3) is 5.95 Å². The summed E-state index contributed by atoms with van der Waals surface area (Å²) in [6.45, 7) is 7.85. The van der Waals surface area contributed by atoms with E-state index in [0.29, 0.717) is 30.2 Å². The maximum atomic E-state index is 12.7. The van der Waals surface area contributed by atoms with E-state index < -0.39 is 0 Å². The molecule has 0 aliphatic heterocycles. The Morgan fingerprint density at radius 3 is 2.23 bits per heavy atom. The lowest BCUT2D eigenvalue weighted by Crippen LogP contribution is -2.39. The number of hydrogen-bond donors (Lipinski definition) is 1. The first-order chi connectivity index (χ1) is 12.4. The van der Waals surface area contributed by atoms with Gasteiger partial charge in [0.05, 0.1) is 12.1 Å². The number of carbonyl (C=O) groups is 1. The van der Waals surface area contributed by atoms with Gasteiger partial charge in [0.2, 0.25) is 5.91 Å². The Labute approximate surface area is 154 Å². The van der Waals surface area contributed by atoms with Crippen LogP contribution in [0.5, 0.6) is 0 Å². The fourth-order valence-electron chi connectivity index (χ4n) is 3.86. The molecular formula is C20H27N5O. The maximum absolute atomic E-state index is 12.7. The summed E-state index contributed by atoms with van der Waals surface area (Å²) in [4.78, 5) is 21.7. The second kappa shape index (κ2) is 6.49. The van der Waals surface area contributed by atoms with E-state index in [4.69, 9.17) is 0 Å². The molecule has 2 aliphatic carbocycles. The van der Waals surface area contributed by atoms with Crippen LogP contribution in [-0.4, -0.2) is 31.7 Å². The van der Waals surface area contributed by atoms with Gasteiger partial charge in [-0.1, -0.05) is 0 Å². The molecule has 2 saturated carbocycles. The molecule has 1 amide bonds. The smallest absolute Gasteiger partial charge is 0.251 e. The van der Waals surface area contributed by atoms with Crippen molar-refractivity contribution >= 4 is 5.91 Å². The van der Waals surface area contributed by atoms with E-state index in [9.17, 15) is 4.79 Å². The quantitative estimate of drug-likeness (QED) is 0.867. The minimum atomic E-state index is 0.112. The highest BCUT2D eigenvalue weighted by atomic mass is 16.1. The number of amides is 1. The number of nitrogens with zero attached hydrogens (tertiary/aromatic N) is 4. The van der Waals surface area contributed by atoms with Gasteiger partial charge in [0, 0.05) is 28.7 Å². The lowest BCUT2D eigenvalue weighted by molar-refractivity contribution is -0.121. The van der Waals surface area contributed by atoms with E-state index in [-0.39, 0.29) is 5.91 Å². The Kier molecular flexibility index (Phi) is 4.29. The molecule has 26 heavy (non-hydrogen) atoms. The van der Waals surface area contributed by atoms with Gasteiger partial charge in [-0.05, 0) is 71.3 Å². The van der Waals surface area contributed by atoms with Crippen molar-refractivity contribution in [3.63, 3.8) is 0 Å². The first-order valence-electron chi connectivity index (χ1n) is 9.59. The van der Waals surface area contributed by atoms with Crippen LogP contribution in [0.4, 0.5) is 0 Å². The minimum absolute atomic E-state index is 0.112. The fraction of sp³-hybridized carbons (Fsp3) is 0.600. The molecule has 0 unspecified atom stereocenters. The van der Waals surface area contributed by atoms with E-state index in [1.807, 2.05) is 33.8 Å². The third kappa shape index (κ3) is 3.50. The molecule has 138 valence electrons. The number of nitrogens with one attached hydrogen (secondary N) is 1. The lowest BCUT2D eigenvalue weighted by Gasteiger charge is -2.17. The molecule has 0 bridgehead atoms. The van der Waals surface area contributed by atoms with Crippen molar-refractivity contribution in [1.82, 2.24) is 25.1 Å². The summed E-state index contributed by atoms with van der Waals surface area (Å²) in [7, 11) is 0. The summed E-state index contributed by atoms with van der Waals surface area (Å²) >= 11 is 0. The van der Waals surface area contributed by atoms with Gasteiger partial charge in [-0.25, -0.2) is 14.6 Å². The van der Waals surface area contributed by atoms with Crippen LogP contribution in [-0.2, 0) is 11.2 Å². The highest BCUT2D eigenvalue weighted by molar-refractivity contribution is 5.79. The second-order valence-corrected chi connectivity index (χ2v) is 7.96. The van der Waals surface area contributed by atoms with Gasteiger partial charge >= 0.3 is 0 Å². The minimum Gasteiger partial charge on any atom is -0.353 e. The zero-order valence-corrected chi connectivity index (χ0v) is 16.0. The average molecular weight is 353 g/mol. The summed E-state index contributed by atoms with van der Waals surface area (Å²) in [5.41, 5.74) is 4.62. The highest BCUT2D eigenvalue weighted by Crippen LogP contribution is 2.44. The summed E-state index contributed by atoms with van der Waals surface area (Å²) < 4.78 is 1.76. The average Bonchev–Trinajstić information content (AvgIpc) is 3.46. The molecule has 0 aromatic carbocycles. The second-order valence-electron chi connectivity index (χ2n) is 7.96. The first-order valence-corrected chi connectivity index (χ1v) is 9.59. The molecular weight excluding hydrogens is 326 g/mol. The molecule has 2 aliphatic rings. The van der Waals surface area contributed by atoms with Crippen molar-refractivity contribution in [2.24, 2.45) is 11.8 Å². The summed E-state index contributed by atoms with van der Waals surface area (Å²) in [6, 6.07) is 2.33. The van der Waals surface area contributed by atoms with Crippen molar-refractivity contribution in [3.05, 3.63) is 34.4 Å². The molecule has 6 nitrogen and oxygen atoms in total. The lowest BCUT2D eigenvalue weighted by atomic mass is 10.1. The Morgan fingerprint density at radius 1 is 1.12 bits per heavy atom. The van der Waals surface area contributed by atoms with Gasteiger partial charge in [0.25, 0.3) is 5.95 Å². The van der Waals surface area contributed by atoms with Crippen molar-refractivity contribution in [1.29, 1.82) is 0 Å². The standard InChI is InChI=1S/C20H27N5O/c1-11-9-12(2)22-20(21-11)25-14(4)17(13(3)24-25)10-18(26)23-19(15-5-6-15)16-7-8-16/h9,15-16,19H,5-8,10H2,1-4H3,(H,23,26). The molecule has 0 atom stereocenters. The van der Waals surface area contributed by atoms with Crippen molar-refractivity contribution in [2.75, 3.05) is 0 Å². The largest absolute Gasteiger partial charge is 0.353 e. The van der Waals surface area contributed by atoms with Gasteiger partial charge in [0.1, 0.15) is 0 Å². The van der Waals surface area contributed by atoms with Crippen LogP contribution in [0.2, 0.25) is 0 Å². The molecule has 2 fully saturated rings. The molecule has 0 radical (unpaired) electrons. The summed E-state index contributed by atoms with van der Waals surface area (Å²) in [5, 5.41) is 7.91. The van der Waals surface area contributed by atoms with Gasteiger partial charge in [-0.15, -0.1) is 0 Å². The Balaban J connectivity index is 1.53. The molecule has 0 spiro atoms. The highest BCUT2D eigenvalue weighted by Gasteiger charge is 2.42. The number of hydrogen-bond acceptors (Lipinski definition) is 4. The number of rotatable bonds is 6. The van der Waals surface area contributed by atoms with Crippen LogP contribution in [0.3, 0.4) is 0 Å². The Morgan fingerprint density at radius 2 is 1.69 bits per heavy atom. The van der Waals surface area contributed by atoms with E-state index in [1.54, 1.807) is 4.68 Å². The van der Waals surface area contributed by atoms with E-state index in [2.05, 4.69) is 20.4 Å². The Bertz CT molecular complexity index is 816. The first kappa shape index (κ1) is 17.2. The summed E-state index contributed by atoms with van der Waals surface area (Å²) in [6.07, 6.45) is 5.43. The molecule has 2 heterocycles. The predicted molar refractivity (Wildman–Crippen MR) is 99.2 cm³/mol. The van der Waals surface area contributed by atoms with Gasteiger partial charge in [-0.3, -0.25) is 4.79 Å². The molecule has 0 saturated heterocycles. The van der Waals surface area contributed by atoms with Gasteiger partial charge < -0.3 is 5.32 Å². The van der Waals surface area contributed by atoms with Gasteiger partial charge in [0.15, 0.2) is 0 Å². The third-order valence-electron chi connectivity index (χ3n) is 5.53. The summed E-state index contributed by atoms with van der Waals surface area (Å²) in [5.74, 6) is 2.10. The predicted octanol–water partition coefficient (Wildman–Crippen LogP) is 2.74. The van der Waals surface area contributed by atoms with Crippen LogP contribution >= 0.6 is 0 Å².